The van der Waals surface area contributed by atoms with Gasteiger partial charge in [-0.25, -0.2) is 0 Å². The third-order valence-electron chi connectivity index (χ3n) is 0.607. The zero-order valence-corrected chi connectivity index (χ0v) is 9.08. The van der Waals surface area contributed by atoms with Gasteiger partial charge in [-0.05, 0) is 0 Å². The van der Waals surface area contributed by atoms with E-state index in [0.717, 1.165) is 7.11 Å². The van der Waals surface area contributed by atoms with Gasteiger partial charge in [-0.15, -0.1) is 17.0 Å². The molecule has 0 fully saturated rings. The Morgan fingerprint density at radius 1 is 1.00 bits per heavy atom. The maximum atomic E-state index is 7.00. The van der Waals surface area contributed by atoms with E-state index in [1.54, 1.807) is 0 Å². The van der Waals surface area contributed by atoms with E-state index in [9.17, 15) is 0 Å². The van der Waals surface area contributed by atoms with Crippen LogP contribution in [0.4, 0.5) is 0 Å². The van der Waals surface area contributed by atoms with Crippen LogP contribution < -0.4 is 0 Å². The smallest absolute Gasteiger partial charge is 0.400 e. The number of hydrogen-bond acceptors (Lipinski definition) is 1. The second-order valence-electron chi connectivity index (χ2n) is 1.08. The average Bonchev–Trinajstić information content (AvgIpc) is 1.96. The molecule has 10 heavy (non-hydrogen) atoms. The zero-order chi connectivity index (χ0) is 6.24. The molecule has 0 bridgehead atoms. The topological polar surface area (TPSA) is 20.2 Å². The normalized spacial score (nSPS) is 5.40. The summed E-state index contributed by atoms with van der Waals surface area (Å²) in [6.07, 6.45) is 0. The van der Waals surface area contributed by atoms with E-state index in [1.165, 1.54) is 0 Å². The Bertz CT molecular complexity index is 85.5. The minimum atomic E-state index is 0. The number of rotatable bonds is 0. The molecule has 0 aliphatic rings. The number of benzene rings is 1. The van der Waals surface area contributed by atoms with Gasteiger partial charge in [0.1, 0.15) is 0 Å². The van der Waals surface area contributed by atoms with E-state index in [4.69, 9.17) is 5.11 Å². The first-order chi connectivity index (χ1) is 4.00. The van der Waals surface area contributed by atoms with Crippen LogP contribution in [-0.2, 0) is 0 Å². The fourth-order valence-corrected chi connectivity index (χ4v) is 0.342. The Balaban J connectivity index is -0.000000114. The van der Waals surface area contributed by atoms with Crippen LogP contribution in [0.1, 0.15) is 0 Å². The van der Waals surface area contributed by atoms with Crippen LogP contribution in [-0.4, -0.2) is 35.3 Å². The maximum absolute atomic E-state index is 7.00. The summed E-state index contributed by atoms with van der Waals surface area (Å²) in [5, 5.41) is 7.00. The van der Waals surface area contributed by atoms with Crippen LogP contribution >= 0.6 is 17.0 Å². The Labute approximate surface area is 88.4 Å². The van der Waals surface area contributed by atoms with E-state index in [0.29, 0.717) is 0 Å². The Morgan fingerprint density at radius 2 is 1.40 bits per heavy atom. The van der Waals surface area contributed by atoms with Gasteiger partial charge in [0.25, 0.3) is 0 Å². The number of aliphatic hydroxyl groups is 1. The van der Waals surface area contributed by atoms with Gasteiger partial charge in [0.05, 0.1) is 0 Å². The van der Waals surface area contributed by atoms with Crippen molar-refractivity contribution in [2.45, 2.75) is 0 Å². The standard InChI is InChI=1S/C6H5.CH4O.BrH.Mg/c1-2-4-6-5-3-1;1-2;;/h1-5H;2H,1H3;1H;/q-1;;;+2. The van der Waals surface area contributed by atoms with Crippen molar-refractivity contribution in [3.63, 3.8) is 0 Å². The van der Waals surface area contributed by atoms with Crippen molar-refractivity contribution in [2.24, 2.45) is 0 Å². The Kier molecular flexibility index (Phi) is 27.2. The van der Waals surface area contributed by atoms with E-state index >= 15 is 0 Å². The van der Waals surface area contributed by atoms with E-state index in [-0.39, 0.29) is 40.0 Å². The summed E-state index contributed by atoms with van der Waals surface area (Å²) < 4.78 is 0. The molecule has 0 amide bonds. The molecule has 1 N–H and O–H groups in total. The molecule has 0 atom stereocenters. The van der Waals surface area contributed by atoms with Crippen molar-refractivity contribution < 1.29 is 5.11 Å². The van der Waals surface area contributed by atoms with Crippen LogP contribution in [0.3, 0.4) is 0 Å². The molecular weight excluding hydrogens is 204 g/mol. The Hall–Kier alpha value is 0.426. The van der Waals surface area contributed by atoms with Gasteiger partial charge in [0.15, 0.2) is 0 Å². The largest absolute Gasteiger partial charge is 2.00 e. The van der Waals surface area contributed by atoms with Crippen molar-refractivity contribution in [3.8, 4) is 0 Å². The van der Waals surface area contributed by atoms with Crippen molar-refractivity contribution >= 4 is 40.0 Å². The first-order valence-corrected chi connectivity index (χ1v) is 2.36. The molecule has 0 saturated heterocycles. The molecular formula is C7H10BrMgO+. The monoisotopic (exact) mass is 213 g/mol. The molecule has 0 heterocycles. The van der Waals surface area contributed by atoms with Crippen LogP contribution in [0, 0.1) is 6.07 Å². The second kappa shape index (κ2) is 16.2. The number of halogens is 1. The molecule has 1 rings (SSSR count). The van der Waals surface area contributed by atoms with Gasteiger partial charge in [0, 0.05) is 7.11 Å². The predicted molar refractivity (Wildman–Crippen MR) is 49.5 cm³/mol. The summed E-state index contributed by atoms with van der Waals surface area (Å²) in [5.41, 5.74) is 0. The van der Waals surface area contributed by atoms with E-state index in [2.05, 4.69) is 6.07 Å². The average molecular weight is 214 g/mol. The van der Waals surface area contributed by atoms with Gasteiger partial charge in [-0.3, -0.25) is 0 Å². The van der Waals surface area contributed by atoms with Crippen LogP contribution in [0.2, 0.25) is 0 Å². The van der Waals surface area contributed by atoms with Gasteiger partial charge >= 0.3 is 23.1 Å². The molecule has 0 spiro atoms. The third kappa shape index (κ3) is 11.3. The first kappa shape index (κ1) is 16.8. The first-order valence-electron chi connectivity index (χ1n) is 2.36. The van der Waals surface area contributed by atoms with Crippen LogP contribution in [0.5, 0.6) is 0 Å². The van der Waals surface area contributed by atoms with E-state index < -0.39 is 0 Å². The van der Waals surface area contributed by atoms with Gasteiger partial charge in [-0.2, -0.15) is 36.4 Å². The molecule has 0 unspecified atom stereocenters. The molecule has 52 valence electrons. The van der Waals surface area contributed by atoms with Gasteiger partial charge in [-0.1, -0.05) is 0 Å². The molecule has 1 aromatic carbocycles. The summed E-state index contributed by atoms with van der Waals surface area (Å²) in [6, 6.07) is 12.5. The van der Waals surface area contributed by atoms with Crippen molar-refractivity contribution in [1.82, 2.24) is 0 Å². The van der Waals surface area contributed by atoms with Crippen molar-refractivity contribution in [3.05, 3.63) is 36.4 Å². The molecule has 1 aromatic rings. The molecule has 1 nitrogen and oxygen atoms in total. The third-order valence-corrected chi connectivity index (χ3v) is 0.607. The summed E-state index contributed by atoms with van der Waals surface area (Å²) in [5.74, 6) is 0. The van der Waals surface area contributed by atoms with Crippen molar-refractivity contribution in [2.75, 3.05) is 7.11 Å². The minimum absolute atomic E-state index is 0. The maximum Gasteiger partial charge on any atom is 2.00 e. The second-order valence-corrected chi connectivity index (χ2v) is 1.08. The van der Waals surface area contributed by atoms with Crippen molar-refractivity contribution in [1.29, 1.82) is 0 Å². The summed E-state index contributed by atoms with van der Waals surface area (Å²) in [6.45, 7) is 0. The minimum Gasteiger partial charge on any atom is -0.400 e. The fourth-order valence-electron chi connectivity index (χ4n) is 0.342. The molecule has 0 aliphatic carbocycles. The fraction of sp³-hybridized carbons (Fsp3) is 0.143. The zero-order valence-electron chi connectivity index (χ0n) is 5.95. The molecule has 0 saturated carbocycles. The summed E-state index contributed by atoms with van der Waals surface area (Å²) in [7, 11) is 1.00. The number of hydrogen-bond donors (Lipinski definition) is 1. The molecule has 0 aromatic heterocycles. The number of aliphatic hydroxyl groups excluding tert-OH is 1. The SMILES string of the molecule is Br.CO.[Mg+2].[c-]1ccccc1. The quantitative estimate of drug-likeness (QED) is 0.510. The predicted octanol–water partition coefficient (Wildman–Crippen LogP) is 1.29. The molecule has 0 radical (unpaired) electrons. The van der Waals surface area contributed by atoms with Gasteiger partial charge in [0.2, 0.25) is 0 Å². The van der Waals surface area contributed by atoms with E-state index in [1.807, 2.05) is 30.3 Å². The van der Waals surface area contributed by atoms with Gasteiger partial charge < -0.3 is 5.11 Å². The van der Waals surface area contributed by atoms with Crippen LogP contribution in [0.25, 0.3) is 0 Å². The molecule has 3 heteroatoms. The summed E-state index contributed by atoms with van der Waals surface area (Å²) >= 11 is 0. The summed E-state index contributed by atoms with van der Waals surface area (Å²) in [4.78, 5) is 0. The Morgan fingerprint density at radius 3 is 1.50 bits per heavy atom. The van der Waals surface area contributed by atoms with Crippen LogP contribution in [0.15, 0.2) is 30.3 Å². The molecule has 0 aliphatic heterocycles.